The van der Waals surface area contributed by atoms with Gasteiger partial charge in [0.1, 0.15) is 0 Å². The van der Waals surface area contributed by atoms with Crippen molar-refractivity contribution in [3.8, 4) is 0 Å². The quantitative estimate of drug-likeness (QED) is 0.632. The minimum Gasteiger partial charge on any atom is -0.358 e. The van der Waals surface area contributed by atoms with Gasteiger partial charge >= 0.3 is 0 Å². The van der Waals surface area contributed by atoms with Crippen LogP contribution in [0, 0.1) is 19.8 Å². The number of amides is 2. The van der Waals surface area contributed by atoms with Crippen LogP contribution in [-0.2, 0) is 0 Å². The van der Waals surface area contributed by atoms with Crippen molar-refractivity contribution in [1.29, 1.82) is 0 Å². The minimum absolute atomic E-state index is 0.0540. The number of rotatable bonds is 5. The van der Waals surface area contributed by atoms with E-state index in [9.17, 15) is 9.59 Å². The molecule has 2 aromatic heterocycles. The number of benzene rings is 1. The molecule has 1 atom stereocenters. The summed E-state index contributed by atoms with van der Waals surface area (Å²) in [5, 5.41) is 4.01. The van der Waals surface area contributed by atoms with E-state index < -0.39 is 0 Å². The van der Waals surface area contributed by atoms with Gasteiger partial charge in [0.15, 0.2) is 0 Å². The van der Waals surface area contributed by atoms with Crippen molar-refractivity contribution in [2.75, 3.05) is 19.6 Å². The first-order valence-electron chi connectivity index (χ1n) is 11.6. The molecule has 1 aromatic carbocycles. The molecule has 1 saturated heterocycles. The zero-order valence-corrected chi connectivity index (χ0v) is 18.8. The van der Waals surface area contributed by atoms with Gasteiger partial charge in [-0.3, -0.25) is 14.6 Å². The topological polar surface area (TPSA) is 78.1 Å². The summed E-state index contributed by atoms with van der Waals surface area (Å²) in [6, 6.07) is 9.71. The Balaban J connectivity index is 1.30. The number of nitrogens with zero attached hydrogens (tertiary/aromatic N) is 2. The summed E-state index contributed by atoms with van der Waals surface area (Å²) in [5.41, 5.74) is 5.56. The normalized spacial score (nSPS) is 18.7. The number of nitrogens with one attached hydrogen (secondary N) is 2. The fraction of sp³-hybridized carbons (Fsp3) is 0.423. The van der Waals surface area contributed by atoms with Crippen molar-refractivity contribution in [2.45, 2.75) is 45.4 Å². The van der Waals surface area contributed by atoms with E-state index in [1.165, 1.54) is 12.8 Å². The lowest BCUT2D eigenvalue weighted by atomic mass is 9.93. The van der Waals surface area contributed by atoms with E-state index in [0.717, 1.165) is 59.3 Å². The minimum atomic E-state index is -0.0540. The summed E-state index contributed by atoms with van der Waals surface area (Å²) in [6.07, 6.45) is 6.04. The lowest BCUT2D eigenvalue weighted by Gasteiger charge is -2.33. The Hall–Kier alpha value is -3.15. The van der Waals surface area contributed by atoms with Crippen molar-refractivity contribution < 1.29 is 9.59 Å². The lowest BCUT2D eigenvalue weighted by molar-refractivity contribution is 0.0707. The lowest BCUT2D eigenvalue weighted by Crippen LogP contribution is -2.39. The number of aryl methyl sites for hydroxylation is 2. The molecule has 1 saturated carbocycles. The second kappa shape index (κ2) is 8.41. The molecule has 2 fully saturated rings. The molecule has 2 N–H and O–H groups in total. The van der Waals surface area contributed by atoms with E-state index in [1.54, 1.807) is 6.20 Å². The fourth-order valence-corrected chi connectivity index (χ4v) is 4.74. The molecule has 2 amide bonds. The van der Waals surface area contributed by atoms with E-state index >= 15 is 0 Å². The summed E-state index contributed by atoms with van der Waals surface area (Å²) in [5.74, 6) is 0.867. The highest BCUT2D eigenvalue weighted by Crippen LogP contribution is 2.30. The van der Waals surface area contributed by atoms with E-state index in [-0.39, 0.29) is 17.7 Å². The Bertz CT molecular complexity index is 1160. The third-order valence-electron chi connectivity index (χ3n) is 6.98. The molecule has 0 radical (unpaired) electrons. The maximum absolute atomic E-state index is 13.5. The molecule has 6 heteroatoms. The molecule has 0 bridgehead atoms. The van der Waals surface area contributed by atoms with Crippen molar-refractivity contribution in [3.05, 3.63) is 64.6 Å². The van der Waals surface area contributed by atoms with Crippen molar-refractivity contribution in [2.24, 2.45) is 5.92 Å². The van der Waals surface area contributed by atoms with Crippen LogP contribution in [0.5, 0.6) is 0 Å². The van der Waals surface area contributed by atoms with Gasteiger partial charge in [-0.15, -0.1) is 0 Å². The number of hydrogen-bond donors (Lipinski definition) is 2. The van der Waals surface area contributed by atoms with Gasteiger partial charge < -0.3 is 15.2 Å². The number of aromatic amines is 1. The molecule has 32 heavy (non-hydrogen) atoms. The number of fused-ring (bicyclic) bond motifs is 1. The summed E-state index contributed by atoms with van der Waals surface area (Å²) < 4.78 is 0. The maximum atomic E-state index is 13.5. The SMILES string of the molecule is Cc1[nH]c2cccc(C(=O)N3CCC[C@@H](c4ccc(C(=O)NCC5CC5)cn4)C3)c2c1C. The first-order chi connectivity index (χ1) is 15.5. The second-order valence-corrected chi connectivity index (χ2v) is 9.32. The molecular formula is C26H30N4O2. The van der Waals surface area contributed by atoms with Gasteiger partial charge in [-0.25, -0.2) is 0 Å². The summed E-state index contributed by atoms with van der Waals surface area (Å²) in [7, 11) is 0. The van der Waals surface area contributed by atoms with Crippen LogP contribution >= 0.6 is 0 Å². The molecule has 5 rings (SSSR count). The number of aromatic nitrogens is 2. The van der Waals surface area contributed by atoms with Gasteiger partial charge in [-0.05, 0) is 75.3 Å². The van der Waals surface area contributed by atoms with Crippen LogP contribution in [0.15, 0.2) is 36.5 Å². The molecule has 3 aromatic rings. The number of carbonyl (C=O) groups excluding carboxylic acids is 2. The van der Waals surface area contributed by atoms with Crippen LogP contribution in [0.3, 0.4) is 0 Å². The van der Waals surface area contributed by atoms with Crippen LogP contribution in [-0.4, -0.2) is 46.3 Å². The smallest absolute Gasteiger partial charge is 0.254 e. The maximum Gasteiger partial charge on any atom is 0.254 e. The first kappa shape index (κ1) is 20.7. The summed E-state index contributed by atoms with van der Waals surface area (Å²) in [6.45, 7) is 6.28. The Morgan fingerprint density at radius 2 is 2.00 bits per heavy atom. The Morgan fingerprint density at radius 1 is 1.16 bits per heavy atom. The molecule has 166 valence electrons. The first-order valence-corrected chi connectivity index (χ1v) is 11.6. The van der Waals surface area contributed by atoms with E-state index in [4.69, 9.17) is 0 Å². The largest absolute Gasteiger partial charge is 0.358 e. The Morgan fingerprint density at radius 3 is 2.75 bits per heavy atom. The number of H-pyrrole nitrogens is 1. The summed E-state index contributed by atoms with van der Waals surface area (Å²) in [4.78, 5) is 35.7. The zero-order chi connectivity index (χ0) is 22.2. The highest BCUT2D eigenvalue weighted by molar-refractivity contribution is 6.08. The number of hydrogen-bond acceptors (Lipinski definition) is 3. The van der Waals surface area contributed by atoms with Gasteiger partial charge in [-0.1, -0.05) is 6.07 Å². The molecule has 3 heterocycles. The van der Waals surface area contributed by atoms with Crippen LogP contribution in [0.2, 0.25) is 0 Å². The highest BCUT2D eigenvalue weighted by atomic mass is 16.2. The van der Waals surface area contributed by atoms with Crippen LogP contribution in [0.25, 0.3) is 10.9 Å². The molecule has 1 aliphatic carbocycles. The van der Waals surface area contributed by atoms with Crippen LogP contribution < -0.4 is 5.32 Å². The molecule has 1 aliphatic heterocycles. The van der Waals surface area contributed by atoms with Crippen molar-refractivity contribution >= 4 is 22.7 Å². The van der Waals surface area contributed by atoms with E-state index in [1.807, 2.05) is 42.2 Å². The molecule has 6 nitrogen and oxygen atoms in total. The van der Waals surface area contributed by atoms with Crippen LogP contribution in [0.4, 0.5) is 0 Å². The third kappa shape index (κ3) is 4.01. The van der Waals surface area contributed by atoms with Gasteiger partial charge in [0.2, 0.25) is 0 Å². The zero-order valence-electron chi connectivity index (χ0n) is 18.8. The highest BCUT2D eigenvalue weighted by Gasteiger charge is 2.28. The van der Waals surface area contributed by atoms with E-state index in [2.05, 4.69) is 22.2 Å². The number of piperidine rings is 1. The van der Waals surface area contributed by atoms with E-state index in [0.29, 0.717) is 18.0 Å². The monoisotopic (exact) mass is 430 g/mol. The average molecular weight is 431 g/mol. The molecule has 2 aliphatic rings. The van der Waals surface area contributed by atoms with Crippen molar-refractivity contribution in [1.82, 2.24) is 20.2 Å². The van der Waals surface area contributed by atoms with Gasteiger partial charge in [0.05, 0.1) is 5.56 Å². The summed E-state index contributed by atoms with van der Waals surface area (Å²) >= 11 is 0. The fourth-order valence-electron chi connectivity index (χ4n) is 4.74. The van der Waals surface area contributed by atoms with Gasteiger partial charge in [-0.2, -0.15) is 0 Å². The second-order valence-electron chi connectivity index (χ2n) is 9.32. The average Bonchev–Trinajstić information content (AvgIpc) is 3.61. The van der Waals surface area contributed by atoms with Gasteiger partial charge in [0, 0.05) is 59.6 Å². The number of likely N-dealkylation sites (tertiary alicyclic amines) is 1. The molecule has 0 unspecified atom stereocenters. The van der Waals surface area contributed by atoms with Gasteiger partial charge in [0.25, 0.3) is 11.8 Å². The predicted molar refractivity (Wildman–Crippen MR) is 125 cm³/mol. The molecule has 0 spiro atoms. The third-order valence-corrected chi connectivity index (χ3v) is 6.98. The van der Waals surface area contributed by atoms with Crippen molar-refractivity contribution in [3.63, 3.8) is 0 Å². The standard InChI is InChI=1S/C26H30N4O2/c1-16-17(2)29-23-7-3-6-21(24(16)23)26(32)30-12-4-5-20(15-30)22-11-10-19(14-27-22)25(31)28-13-18-8-9-18/h3,6-7,10-11,14,18,20,29H,4-5,8-9,12-13,15H2,1-2H3,(H,28,31)/t20-/m1/s1. The van der Waals surface area contributed by atoms with Crippen LogP contribution in [0.1, 0.15) is 69.3 Å². The predicted octanol–water partition coefficient (Wildman–Crippen LogP) is 4.34. The Kier molecular flexibility index (Phi) is 5.45. The number of pyridine rings is 1. The Labute approximate surface area is 188 Å². The number of carbonyl (C=O) groups is 2. The molecular weight excluding hydrogens is 400 g/mol.